The highest BCUT2D eigenvalue weighted by molar-refractivity contribution is 6.04. The molecule has 0 aliphatic heterocycles. The van der Waals surface area contributed by atoms with Gasteiger partial charge in [0, 0.05) is 24.3 Å². The van der Waals surface area contributed by atoms with Crippen molar-refractivity contribution in [3.63, 3.8) is 0 Å². The molecule has 2 N–H and O–H groups in total. The minimum atomic E-state index is -0.202. The second-order valence-corrected chi connectivity index (χ2v) is 6.71. The third-order valence-corrected chi connectivity index (χ3v) is 4.17. The first-order chi connectivity index (χ1) is 12.3. The molecule has 0 saturated carbocycles. The minimum Gasteiger partial charge on any atom is -0.326 e. The molecule has 0 spiro atoms. The number of rotatable bonds is 7. The maximum absolute atomic E-state index is 12.8. The van der Waals surface area contributed by atoms with Gasteiger partial charge in [0.2, 0.25) is 5.91 Å². The molecule has 0 aliphatic rings. The van der Waals surface area contributed by atoms with Gasteiger partial charge < -0.3 is 10.6 Å². The molecule has 0 unspecified atom stereocenters. The summed E-state index contributed by atoms with van der Waals surface area (Å²) in [5.74, 6) is 0.0267. The fourth-order valence-electron chi connectivity index (χ4n) is 2.61. The molecule has 2 aromatic rings. The molecule has 0 fully saturated rings. The Hall–Kier alpha value is -2.63. The smallest absolute Gasteiger partial charge is 0.273 e. The Morgan fingerprint density at radius 1 is 1.15 bits per heavy atom. The fourth-order valence-corrected chi connectivity index (χ4v) is 2.61. The summed E-state index contributed by atoms with van der Waals surface area (Å²) in [5.41, 5.74) is 3.72. The molecule has 26 heavy (non-hydrogen) atoms. The largest absolute Gasteiger partial charge is 0.326 e. The molecule has 2 rings (SSSR count). The minimum absolute atomic E-state index is 0.0285. The number of amides is 2. The van der Waals surface area contributed by atoms with E-state index in [0.29, 0.717) is 30.0 Å². The summed E-state index contributed by atoms with van der Waals surface area (Å²) < 4.78 is 1.72. The molecule has 2 amide bonds. The summed E-state index contributed by atoms with van der Waals surface area (Å²) in [5, 5.41) is 10.3. The molecule has 1 heterocycles. The van der Waals surface area contributed by atoms with Gasteiger partial charge in [-0.05, 0) is 49.9 Å². The zero-order chi connectivity index (χ0) is 19.3. The lowest BCUT2D eigenvalue weighted by Crippen LogP contribution is -2.18. The Labute approximate surface area is 155 Å². The molecule has 6 heteroatoms. The molecule has 0 saturated heterocycles. The lowest BCUT2D eigenvalue weighted by atomic mass is 10.1. The molecular weight excluding hydrogens is 328 g/mol. The maximum Gasteiger partial charge on any atom is 0.273 e. The first-order valence-corrected chi connectivity index (χ1v) is 9.15. The number of nitrogens with zero attached hydrogens (tertiary/aromatic N) is 2. The highest BCUT2D eigenvalue weighted by Gasteiger charge is 2.17. The van der Waals surface area contributed by atoms with Crippen LogP contribution in [0.2, 0.25) is 0 Å². The quantitative estimate of drug-likeness (QED) is 0.775. The van der Waals surface area contributed by atoms with Crippen LogP contribution < -0.4 is 10.6 Å². The standard InChI is InChI=1S/C20H28N4O2/c1-6-8-19(25)21-15-10-9-14(5)17(11-15)22-20(26)18-12-16(13(3)4)23-24(18)7-2/h9-13H,6-8H2,1-5H3,(H,21,25)(H,22,26). The van der Waals surface area contributed by atoms with Crippen LogP contribution in [0.5, 0.6) is 0 Å². The second-order valence-electron chi connectivity index (χ2n) is 6.71. The van der Waals surface area contributed by atoms with E-state index in [-0.39, 0.29) is 17.7 Å². The molecule has 140 valence electrons. The number of hydrogen-bond donors (Lipinski definition) is 2. The third-order valence-electron chi connectivity index (χ3n) is 4.17. The third kappa shape index (κ3) is 4.71. The molecule has 1 aromatic heterocycles. The van der Waals surface area contributed by atoms with Crippen LogP contribution in [0.15, 0.2) is 24.3 Å². The average Bonchev–Trinajstić information content (AvgIpc) is 3.03. The molecule has 6 nitrogen and oxygen atoms in total. The van der Waals surface area contributed by atoms with Gasteiger partial charge in [0.05, 0.1) is 5.69 Å². The lowest BCUT2D eigenvalue weighted by Gasteiger charge is -2.12. The second kappa shape index (κ2) is 8.65. The summed E-state index contributed by atoms with van der Waals surface area (Å²) in [6.07, 6.45) is 1.27. The van der Waals surface area contributed by atoms with Crippen molar-refractivity contribution in [3.05, 3.63) is 41.2 Å². The van der Waals surface area contributed by atoms with Crippen molar-refractivity contribution >= 4 is 23.2 Å². The fraction of sp³-hybridized carbons (Fsp3) is 0.450. The van der Waals surface area contributed by atoms with Crippen LogP contribution in [-0.2, 0) is 11.3 Å². The topological polar surface area (TPSA) is 76.0 Å². The first kappa shape index (κ1) is 19.7. The van der Waals surface area contributed by atoms with E-state index in [1.54, 1.807) is 10.7 Å². The SMILES string of the molecule is CCCC(=O)Nc1ccc(C)c(NC(=O)c2cc(C(C)C)nn2CC)c1. The van der Waals surface area contributed by atoms with Gasteiger partial charge in [-0.15, -0.1) is 0 Å². The predicted octanol–water partition coefficient (Wildman–Crippen LogP) is 4.33. The van der Waals surface area contributed by atoms with Crippen LogP contribution in [0.1, 0.15) is 68.2 Å². The van der Waals surface area contributed by atoms with E-state index in [1.165, 1.54) is 0 Å². The molecule has 0 aliphatic carbocycles. The van der Waals surface area contributed by atoms with Crippen LogP contribution in [0.3, 0.4) is 0 Å². The van der Waals surface area contributed by atoms with E-state index in [9.17, 15) is 9.59 Å². The van der Waals surface area contributed by atoms with Crippen LogP contribution in [-0.4, -0.2) is 21.6 Å². The van der Waals surface area contributed by atoms with Crippen molar-refractivity contribution < 1.29 is 9.59 Å². The molecule has 0 bridgehead atoms. The zero-order valence-electron chi connectivity index (χ0n) is 16.2. The van der Waals surface area contributed by atoms with Crippen molar-refractivity contribution in [2.45, 2.75) is 59.9 Å². The Kier molecular flexibility index (Phi) is 6.55. The monoisotopic (exact) mass is 356 g/mol. The Morgan fingerprint density at radius 2 is 1.88 bits per heavy atom. The number of aryl methyl sites for hydroxylation is 2. The average molecular weight is 356 g/mol. The first-order valence-electron chi connectivity index (χ1n) is 9.15. The van der Waals surface area contributed by atoms with Gasteiger partial charge in [0.25, 0.3) is 5.91 Å². The Morgan fingerprint density at radius 3 is 2.50 bits per heavy atom. The van der Waals surface area contributed by atoms with Crippen LogP contribution in [0.25, 0.3) is 0 Å². The zero-order valence-corrected chi connectivity index (χ0v) is 16.2. The number of carbonyl (C=O) groups is 2. The molecule has 0 radical (unpaired) electrons. The number of carbonyl (C=O) groups excluding carboxylic acids is 2. The van der Waals surface area contributed by atoms with E-state index in [1.807, 2.05) is 39.0 Å². The van der Waals surface area contributed by atoms with Crippen molar-refractivity contribution in [3.8, 4) is 0 Å². The summed E-state index contributed by atoms with van der Waals surface area (Å²) in [6, 6.07) is 7.35. The highest BCUT2D eigenvalue weighted by atomic mass is 16.2. The van der Waals surface area contributed by atoms with Gasteiger partial charge in [0.15, 0.2) is 0 Å². The Balaban J connectivity index is 2.22. The van der Waals surface area contributed by atoms with Gasteiger partial charge in [-0.3, -0.25) is 14.3 Å². The summed E-state index contributed by atoms with van der Waals surface area (Å²) in [6.45, 7) is 10.6. The van der Waals surface area contributed by atoms with Gasteiger partial charge in [-0.2, -0.15) is 5.10 Å². The van der Waals surface area contributed by atoms with Crippen molar-refractivity contribution in [2.75, 3.05) is 10.6 Å². The van der Waals surface area contributed by atoms with Crippen molar-refractivity contribution in [1.29, 1.82) is 0 Å². The summed E-state index contributed by atoms with van der Waals surface area (Å²) in [7, 11) is 0. The predicted molar refractivity (Wildman–Crippen MR) is 105 cm³/mol. The lowest BCUT2D eigenvalue weighted by molar-refractivity contribution is -0.116. The number of anilines is 2. The van der Waals surface area contributed by atoms with Gasteiger partial charge in [0.1, 0.15) is 5.69 Å². The number of benzene rings is 1. The summed E-state index contributed by atoms with van der Waals surface area (Å²) in [4.78, 5) is 24.6. The number of hydrogen-bond acceptors (Lipinski definition) is 3. The molecule has 1 aromatic carbocycles. The van der Waals surface area contributed by atoms with E-state index in [4.69, 9.17) is 0 Å². The van der Waals surface area contributed by atoms with E-state index >= 15 is 0 Å². The number of aromatic nitrogens is 2. The highest BCUT2D eigenvalue weighted by Crippen LogP contribution is 2.22. The van der Waals surface area contributed by atoms with Crippen molar-refractivity contribution in [2.24, 2.45) is 0 Å². The van der Waals surface area contributed by atoms with E-state index in [2.05, 4.69) is 29.6 Å². The normalized spacial score (nSPS) is 10.8. The van der Waals surface area contributed by atoms with Gasteiger partial charge in [-0.1, -0.05) is 26.8 Å². The number of nitrogens with one attached hydrogen (secondary N) is 2. The van der Waals surface area contributed by atoms with Crippen LogP contribution in [0, 0.1) is 6.92 Å². The van der Waals surface area contributed by atoms with E-state index < -0.39 is 0 Å². The Bertz CT molecular complexity index is 793. The molecular formula is C20H28N4O2. The van der Waals surface area contributed by atoms with Crippen molar-refractivity contribution in [1.82, 2.24) is 9.78 Å². The summed E-state index contributed by atoms with van der Waals surface area (Å²) >= 11 is 0. The van der Waals surface area contributed by atoms with Crippen LogP contribution >= 0.6 is 0 Å². The van der Waals surface area contributed by atoms with Gasteiger partial charge >= 0.3 is 0 Å². The molecule has 0 atom stereocenters. The van der Waals surface area contributed by atoms with Crippen LogP contribution in [0.4, 0.5) is 11.4 Å². The van der Waals surface area contributed by atoms with E-state index in [0.717, 1.165) is 17.7 Å². The maximum atomic E-state index is 12.8. The van der Waals surface area contributed by atoms with Gasteiger partial charge in [-0.25, -0.2) is 0 Å².